The number of amides is 1. The summed E-state index contributed by atoms with van der Waals surface area (Å²) in [7, 11) is 1.31. The van der Waals surface area contributed by atoms with Crippen LogP contribution in [0.5, 0.6) is 0 Å². The van der Waals surface area contributed by atoms with E-state index in [0.717, 1.165) is 11.1 Å². The fraction of sp³-hybridized carbons (Fsp3) is 0.143. The van der Waals surface area contributed by atoms with E-state index in [9.17, 15) is 9.59 Å². The van der Waals surface area contributed by atoms with Crippen molar-refractivity contribution in [1.82, 2.24) is 9.97 Å². The zero-order valence-electron chi connectivity index (χ0n) is 15.8. The molecule has 0 saturated carbocycles. The van der Waals surface area contributed by atoms with Gasteiger partial charge in [-0.1, -0.05) is 18.2 Å². The van der Waals surface area contributed by atoms with Crippen LogP contribution in [-0.4, -0.2) is 29.0 Å². The number of carbonyl (C=O) groups excluding carboxylic acids is 2. The summed E-state index contributed by atoms with van der Waals surface area (Å²) < 4.78 is 4.78. The molecule has 0 unspecified atom stereocenters. The number of aryl methyl sites for hydroxylation is 2. The molecule has 3 rings (SSSR count). The predicted molar refractivity (Wildman–Crippen MR) is 107 cm³/mol. The van der Waals surface area contributed by atoms with Gasteiger partial charge in [0, 0.05) is 11.9 Å². The van der Waals surface area contributed by atoms with Crippen LogP contribution in [0.4, 0.5) is 17.3 Å². The number of benzene rings is 2. The van der Waals surface area contributed by atoms with Gasteiger partial charge in [-0.15, -0.1) is 0 Å². The van der Waals surface area contributed by atoms with Crippen molar-refractivity contribution in [3.8, 4) is 0 Å². The van der Waals surface area contributed by atoms with Crippen LogP contribution < -0.4 is 10.6 Å². The van der Waals surface area contributed by atoms with Gasteiger partial charge in [-0.3, -0.25) is 4.79 Å². The SMILES string of the molecule is COC(=O)c1ccccc1Nc1nccc(C(=O)Nc2ccc(C)c(C)c2)n1. The molecule has 3 aromatic rings. The Hall–Kier alpha value is -3.74. The highest BCUT2D eigenvalue weighted by atomic mass is 16.5. The molecule has 7 heteroatoms. The number of anilines is 3. The van der Waals surface area contributed by atoms with Crippen molar-refractivity contribution in [2.75, 3.05) is 17.7 Å². The highest BCUT2D eigenvalue weighted by molar-refractivity contribution is 6.03. The van der Waals surface area contributed by atoms with Crippen molar-refractivity contribution >= 4 is 29.2 Å². The second kappa shape index (κ2) is 8.30. The number of nitrogens with zero attached hydrogens (tertiary/aromatic N) is 2. The van der Waals surface area contributed by atoms with Crippen molar-refractivity contribution in [3.63, 3.8) is 0 Å². The first kappa shape index (κ1) is 19.0. The summed E-state index contributed by atoms with van der Waals surface area (Å²) in [6.07, 6.45) is 1.48. The molecule has 0 aliphatic heterocycles. The molecule has 0 radical (unpaired) electrons. The predicted octanol–water partition coefficient (Wildman–Crippen LogP) is 3.88. The standard InChI is InChI=1S/C21H20N4O3/c1-13-8-9-15(12-14(13)2)23-19(26)18-10-11-22-21(25-18)24-17-7-5-4-6-16(17)20(27)28-3/h4-12H,1-3H3,(H,23,26)(H,22,24,25). The average molecular weight is 376 g/mol. The molecule has 0 atom stereocenters. The lowest BCUT2D eigenvalue weighted by molar-refractivity contribution is 0.0601. The van der Waals surface area contributed by atoms with Gasteiger partial charge in [-0.05, 0) is 55.3 Å². The average Bonchev–Trinajstić information content (AvgIpc) is 2.71. The Morgan fingerprint density at radius 2 is 1.79 bits per heavy atom. The Bertz CT molecular complexity index is 1030. The topological polar surface area (TPSA) is 93.2 Å². The number of rotatable bonds is 5. The lowest BCUT2D eigenvalue weighted by Gasteiger charge is -2.10. The molecule has 1 aromatic heterocycles. The zero-order valence-corrected chi connectivity index (χ0v) is 15.8. The molecule has 2 aromatic carbocycles. The largest absolute Gasteiger partial charge is 0.465 e. The quantitative estimate of drug-likeness (QED) is 0.657. The molecule has 0 aliphatic carbocycles. The summed E-state index contributed by atoms with van der Waals surface area (Å²) in [5.41, 5.74) is 3.96. The van der Waals surface area contributed by atoms with Gasteiger partial charge in [0.15, 0.2) is 0 Å². The number of aromatic nitrogens is 2. The highest BCUT2D eigenvalue weighted by Crippen LogP contribution is 2.20. The van der Waals surface area contributed by atoms with Crippen molar-refractivity contribution in [2.45, 2.75) is 13.8 Å². The van der Waals surface area contributed by atoms with Gasteiger partial charge < -0.3 is 15.4 Å². The second-order valence-electron chi connectivity index (χ2n) is 6.18. The summed E-state index contributed by atoms with van der Waals surface area (Å²) in [5, 5.41) is 5.79. The third-order valence-corrected chi connectivity index (χ3v) is 4.23. The molecule has 0 fully saturated rings. The Balaban J connectivity index is 1.80. The molecular formula is C21H20N4O3. The molecule has 7 nitrogen and oxygen atoms in total. The minimum atomic E-state index is -0.480. The van der Waals surface area contributed by atoms with Crippen LogP contribution in [0.2, 0.25) is 0 Å². The first-order valence-corrected chi connectivity index (χ1v) is 8.64. The number of para-hydroxylation sites is 1. The van der Waals surface area contributed by atoms with Crippen LogP contribution in [0.1, 0.15) is 32.0 Å². The van der Waals surface area contributed by atoms with Gasteiger partial charge in [-0.2, -0.15) is 0 Å². The molecule has 2 N–H and O–H groups in total. The van der Waals surface area contributed by atoms with Gasteiger partial charge in [0.1, 0.15) is 5.69 Å². The number of hydrogen-bond acceptors (Lipinski definition) is 6. The van der Waals surface area contributed by atoms with Crippen molar-refractivity contribution in [3.05, 3.63) is 77.1 Å². The third kappa shape index (κ3) is 4.32. The number of hydrogen-bond donors (Lipinski definition) is 2. The molecule has 28 heavy (non-hydrogen) atoms. The molecule has 0 spiro atoms. The lowest BCUT2D eigenvalue weighted by Crippen LogP contribution is -2.15. The highest BCUT2D eigenvalue weighted by Gasteiger charge is 2.14. The Morgan fingerprint density at radius 3 is 2.54 bits per heavy atom. The summed E-state index contributed by atoms with van der Waals surface area (Å²) in [6, 6.07) is 14.0. The van der Waals surface area contributed by atoms with Gasteiger partial charge in [-0.25, -0.2) is 14.8 Å². The fourth-order valence-corrected chi connectivity index (χ4v) is 2.56. The zero-order chi connectivity index (χ0) is 20.1. The normalized spacial score (nSPS) is 10.2. The third-order valence-electron chi connectivity index (χ3n) is 4.23. The maximum Gasteiger partial charge on any atom is 0.339 e. The molecule has 1 heterocycles. The van der Waals surface area contributed by atoms with Crippen LogP contribution >= 0.6 is 0 Å². The van der Waals surface area contributed by atoms with Gasteiger partial charge in [0.05, 0.1) is 18.4 Å². The van der Waals surface area contributed by atoms with E-state index in [0.29, 0.717) is 16.9 Å². The summed E-state index contributed by atoms with van der Waals surface area (Å²) in [6.45, 7) is 3.99. The molecule has 0 aliphatic rings. The van der Waals surface area contributed by atoms with E-state index < -0.39 is 5.97 Å². The Labute approximate surface area is 162 Å². The van der Waals surface area contributed by atoms with Crippen LogP contribution in [0.15, 0.2) is 54.7 Å². The fourth-order valence-electron chi connectivity index (χ4n) is 2.56. The summed E-state index contributed by atoms with van der Waals surface area (Å²) in [5.74, 6) is -0.634. The van der Waals surface area contributed by atoms with Crippen molar-refractivity contribution in [2.24, 2.45) is 0 Å². The number of ether oxygens (including phenoxy) is 1. The second-order valence-corrected chi connectivity index (χ2v) is 6.18. The number of nitrogens with one attached hydrogen (secondary N) is 2. The first-order valence-electron chi connectivity index (χ1n) is 8.64. The molecule has 142 valence electrons. The Kier molecular flexibility index (Phi) is 5.64. The van der Waals surface area contributed by atoms with E-state index in [1.54, 1.807) is 24.3 Å². The van der Waals surface area contributed by atoms with Crippen LogP contribution in [0.3, 0.4) is 0 Å². The maximum atomic E-state index is 12.5. The number of carbonyl (C=O) groups is 2. The van der Waals surface area contributed by atoms with Gasteiger partial charge >= 0.3 is 5.97 Å². The number of methoxy groups -OCH3 is 1. The minimum Gasteiger partial charge on any atom is -0.465 e. The molecule has 1 amide bonds. The van der Waals surface area contributed by atoms with Gasteiger partial charge in [0.25, 0.3) is 5.91 Å². The number of esters is 1. The molecule has 0 bridgehead atoms. The van der Waals surface area contributed by atoms with E-state index in [2.05, 4.69) is 20.6 Å². The van der Waals surface area contributed by atoms with Crippen molar-refractivity contribution in [1.29, 1.82) is 0 Å². The van der Waals surface area contributed by atoms with E-state index in [1.165, 1.54) is 19.4 Å². The van der Waals surface area contributed by atoms with E-state index in [4.69, 9.17) is 4.74 Å². The molecule has 0 saturated heterocycles. The Morgan fingerprint density at radius 1 is 1.00 bits per heavy atom. The van der Waals surface area contributed by atoms with Crippen LogP contribution in [-0.2, 0) is 4.74 Å². The van der Waals surface area contributed by atoms with Crippen LogP contribution in [0, 0.1) is 13.8 Å². The van der Waals surface area contributed by atoms with Gasteiger partial charge in [0.2, 0.25) is 5.95 Å². The van der Waals surface area contributed by atoms with E-state index in [1.807, 2.05) is 32.0 Å². The summed E-state index contributed by atoms with van der Waals surface area (Å²) in [4.78, 5) is 32.8. The van der Waals surface area contributed by atoms with Crippen molar-refractivity contribution < 1.29 is 14.3 Å². The van der Waals surface area contributed by atoms with E-state index in [-0.39, 0.29) is 17.5 Å². The first-order chi connectivity index (χ1) is 13.5. The lowest BCUT2D eigenvalue weighted by atomic mass is 10.1. The summed E-state index contributed by atoms with van der Waals surface area (Å²) >= 11 is 0. The minimum absolute atomic E-state index is 0.198. The smallest absolute Gasteiger partial charge is 0.339 e. The van der Waals surface area contributed by atoms with Crippen LogP contribution in [0.25, 0.3) is 0 Å². The maximum absolute atomic E-state index is 12.5. The van der Waals surface area contributed by atoms with E-state index >= 15 is 0 Å². The monoisotopic (exact) mass is 376 g/mol. The molecular weight excluding hydrogens is 356 g/mol.